The number of aryl methyl sites for hydroxylation is 1. The van der Waals surface area contributed by atoms with Crippen molar-refractivity contribution < 1.29 is 0 Å². The summed E-state index contributed by atoms with van der Waals surface area (Å²) < 4.78 is 2.08. The van der Waals surface area contributed by atoms with Gasteiger partial charge >= 0.3 is 0 Å². The van der Waals surface area contributed by atoms with Gasteiger partial charge in [0.2, 0.25) is 0 Å². The minimum Gasteiger partial charge on any atom is -0.355 e. The lowest BCUT2D eigenvalue weighted by Crippen LogP contribution is -2.46. The number of hydrogen-bond acceptors (Lipinski definition) is 4. The van der Waals surface area contributed by atoms with Gasteiger partial charge in [0, 0.05) is 39.1 Å². The lowest BCUT2D eigenvalue weighted by Gasteiger charge is -2.25. The van der Waals surface area contributed by atoms with Crippen molar-refractivity contribution in [3.63, 3.8) is 0 Å². The molecule has 1 aromatic rings. The van der Waals surface area contributed by atoms with Crippen molar-refractivity contribution in [3.8, 4) is 0 Å². The van der Waals surface area contributed by atoms with E-state index in [-0.39, 0.29) is 24.0 Å². The summed E-state index contributed by atoms with van der Waals surface area (Å²) in [5.41, 5.74) is 0. The lowest BCUT2D eigenvalue weighted by atomic mass is 10.1. The van der Waals surface area contributed by atoms with E-state index in [1.165, 1.54) is 12.8 Å². The molecule has 0 spiro atoms. The van der Waals surface area contributed by atoms with Crippen molar-refractivity contribution >= 4 is 29.9 Å². The largest absolute Gasteiger partial charge is 0.355 e. The van der Waals surface area contributed by atoms with Gasteiger partial charge in [-0.2, -0.15) is 0 Å². The molecule has 0 saturated heterocycles. The van der Waals surface area contributed by atoms with Crippen LogP contribution in [-0.4, -0.2) is 65.9 Å². The van der Waals surface area contributed by atoms with Crippen LogP contribution in [0.15, 0.2) is 11.3 Å². The van der Waals surface area contributed by atoms with E-state index in [1.807, 2.05) is 7.05 Å². The van der Waals surface area contributed by atoms with Crippen molar-refractivity contribution in [3.05, 3.63) is 12.2 Å². The molecule has 23 heavy (non-hydrogen) atoms. The summed E-state index contributed by atoms with van der Waals surface area (Å²) in [6.45, 7) is 4.68. The number of rotatable bonds is 8. The Morgan fingerprint density at radius 1 is 1.43 bits per heavy atom. The van der Waals surface area contributed by atoms with Crippen LogP contribution in [0.25, 0.3) is 0 Å². The Bertz CT molecular complexity index is 480. The number of hydrogen-bond donors (Lipinski definition) is 2. The predicted octanol–water partition coefficient (Wildman–Crippen LogP) is 0.964. The van der Waals surface area contributed by atoms with Crippen molar-refractivity contribution in [2.45, 2.75) is 38.8 Å². The molecule has 2 rings (SSSR count). The Balaban J connectivity index is 0.00000264. The Labute approximate surface area is 156 Å². The second kappa shape index (κ2) is 10.1. The second-order valence-electron chi connectivity index (χ2n) is 6.04. The van der Waals surface area contributed by atoms with Crippen LogP contribution < -0.4 is 10.6 Å². The highest BCUT2D eigenvalue weighted by molar-refractivity contribution is 14.0. The lowest BCUT2D eigenvalue weighted by molar-refractivity contribution is 0.264. The Hall–Kier alpha value is -0.900. The smallest absolute Gasteiger partial charge is 0.191 e. The zero-order valence-corrected chi connectivity index (χ0v) is 16.9. The number of nitrogens with one attached hydrogen (secondary N) is 2. The molecular formula is C15H30IN7. The molecule has 1 atom stereocenters. The van der Waals surface area contributed by atoms with Gasteiger partial charge in [0.1, 0.15) is 12.2 Å². The van der Waals surface area contributed by atoms with Crippen LogP contribution in [0.4, 0.5) is 0 Å². The van der Waals surface area contributed by atoms with Crippen LogP contribution in [-0.2, 0) is 13.0 Å². The molecule has 1 fully saturated rings. The fourth-order valence-electron chi connectivity index (χ4n) is 2.71. The van der Waals surface area contributed by atoms with Gasteiger partial charge in [-0.05, 0) is 32.9 Å². The van der Waals surface area contributed by atoms with Crippen molar-refractivity contribution in [1.82, 2.24) is 30.3 Å². The number of halogens is 1. The Kier molecular flexibility index (Phi) is 8.82. The zero-order valence-electron chi connectivity index (χ0n) is 14.6. The van der Waals surface area contributed by atoms with Gasteiger partial charge in [-0.15, -0.1) is 34.2 Å². The number of aliphatic imine (C=N–C) groups is 1. The highest BCUT2D eigenvalue weighted by Gasteiger charge is 2.32. The summed E-state index contributed by atoms with van der Waals surface area (Å²) in [4.78, 5) is 6.60. The summed E-state index contributed by atoms with van der Waals surface area (Å²) in [5, 5.41) is 14.8. The van der Waals surface area contributed by atoms with Gasteiger partial charge < -0.3 is 20.1 Å². The fourth-order valence-corrected chi connectivity index (χ4v) is 2.71. The number of guanidine groups is 1. The van der Waals surface area contributed by atoms with Crippen LogP contribution in [0.3, 0.4) is 0 Å². The van der Waals surface area contributed by atoms with E-state index in [2.05, 4.69) is 56.3 Å². The average molecular weight is 435 g/mol. The molecule has 1 aromatic heterocycles. The van der Waals surface area contributed by atoms with Crippen LogP contribution in [0.2, 0.25) is 0 Å². The molecular weight excluding hydrogens is 405 g/mol. The van der Waals surface area contributed by atoms with Gasteiger partial charge in [-0.25, -0.2) is 0 Å². The number of likely N-dealkylation sites (N-methyl/N-ethyl adjacent to an activating group) is 1. The zero-order chi connectivity index (χ0) is 15.9. The third-order valence-corrected chi connectivity index (χ3v) is 4.19. The number of nitrogens with zero attached hydrogens (tertiary/aromatic N) is 5. The van der Waals surface area contributed by atoms with E-state index in [0.29, 0.717) is 6.04 Å². The van der Waals surface area contributed by atoms with Gasteiger partial charge in [-0.3, -0.25) is 4.99 Å². The van der Waals surface area contributed by atoms with E-state index < -0.39 is 0 Å². The van der Waals surface area contributed by atoms with Gasteiger partial charge in [0.25, 0.3) is 0 Å². The highest BCUT2D eigenvalue weighted by atomic mass is 127. The van der Waals surface area contributed by atoms with Gasteiger partial charge in [-0.1, -0.05) is 6.92 Å². The minimum absolute atomic E-state index is 0. The molecule has 0 radical (unpaired) electrons. The summed E-state index contributed by atoms with van der Waals surface area (Å²) in [7, 11) is 6.12. The average Bonchev–Trinajstić information content (AvgIpc) is 3.23. The van der Waals surface area contributed by atoms with Crippen LogP contribution >= 0.6 is 24.0 Å². The van der Waals surface area contributed by atoms with Gasteiger partial charge in [0.15, 0.2) is 5.96 Å². The highest BCUT2D eigenvalue weighted by Crippen LogP contribution is 2.34. The Morgan fingerprint density at radius 2 is 2.17 bits per heavy atom. The first-order valence-corrected chi connectivity index (χ1v) is 8.13. The van der Waals surface area contributed by atoms with Crippen LogP contribution in [0.1, 0.15) is 25.6 Å². The molecule has 2 N–H and O–H groups in total. The maximum Gasteiger partial charge on any atom is 0.191 e. The molecule has 8 heteroatoms. The van der Waals surface area contributed by atoms with Crippen LogP contribution in [0, 0.1) is 5.92 Å². The molecule has 1 saturated carbocycles. The van der Waals surface area contributed by atoms with Crippen molar-refractivity contribution in [2.75, 3.05) is 34.2 Å². The first kappa shape index (κ1) is 20.1. The van der Waals surface area contributed by atoms with Crippen molar-refractivity contribution in [2.24, 2.45) is 10.9 Å². The quantitative estimate of drug-likeness (QED) is 0.362. The van der Waals surface area contributed by atoms with Gasteiger partial charge in [0.05, 0.1) is 0 Å². The van der Waals surface area contributed by atoms with Crippen molar-refractivity contribution in [1.29, 1.82) is 0 Å². The monoisotopic (exact) mass is 435 g/mol. The van der Waals surface area contributed by atoms with E-state index in [0.717, 1.165) is 43.8 Å². The molecule has 1 aliphatic rings. The van der Waals surface area contributed by atoms with Crippen LogP contribution in [0.5, 0.6) is 0 Å². The maximum atomic E-state index is 4.30. The molecule has 132 valence electrons. The second-order valence-corrected chi connectivity index (χ2v) is 6.04. The summed E-state index contributed by atoms with van der Waals surface area (Å²) in [5.74, 6) is 2.72. The topological polar surface area (TPSA) is 70.4 Å². The predicted molar refractivity (Wildman–Crippen MR) is 104 cm³/mol. The number of aromatic nitrogens is 3. The third-order valence-electron chi connectivity index (χ3n) is 4.19. The summed E-state index contributed by atoms with van der Waals surface area (Å²) >= 11 is 0. The molecule has 0 amide bonds. The molecule has 0 bridgehead atoms. The molecule has 7 nitrogen and oxygen atoms in total. The molecule has 1 aliphatic carbocycles. The first-order chi connectivity index (χ1) is 10.7. The fraction of sp³-hybridized carbons (Fsp3) is 0.800. The SMILES string of the molecule is CCc1nncn1CCNC(=NC)NCC(C1CC1)N(C)C.I. The normalized spacial score (nSPS) is 16.1. The Morgan fingerprint density at radius 3 is 2.74 bits per heavy atom. The summed E-state index contributed by atoms with van der Waals surface area (Å²) in [6.07, 6.45) is 5.39. The van der Waals surface area contributed by atoms with E-state index in [1.54, 1.807) is 6.33 Å². The van der Waals surface area contributed by atoms with E-state index >= 15 is 0 Å². The first-order valence-electron chi connectivity index (χ1n) is 8.13. The maximum absolute atomic E-state index is 4.30. The molecule has 0 aliphatic heterocycles. The third kappa shape index (κ3) is 6.25. The molecule has 1 heterocycles. The minimum atomic E-state index is 0. The standard InChI is InChI=1S/C15H29N7.HI/c1-5-14-20-19-11-22(14)9-8-17-15(16-2)18-10-13(21(3)4)12-6-7-12;/h11-13H,5-10H2,1-4H3,(H2,16,17,18);1H. The van der Waals surface area contributed by atoms with E-state index in [9.17, 15) is 0 Å². The van der Waals surface area contributed by atoms with E-state index in [4.69, 9.17) is 0 Å². The molecule has 0 aromatic carbocycles. The summed E-state index contributed by atoms with van der Waals surface area (Å²) in [6, 6.07) is 0.586. The molecule has 1 unspecified atom stereocenters.